The fraction of sp³-hybridized carbons (Fsp3) is 1.00. The minimum Gasteiger partial charge on any atom is -0.380 e. The first kappa shape index (κ1) is 14.2. The highest BCUT2D eigenvalue weighted by Gasteiger charge is 2.22. The standard InChI is InChI=1S/C12H24N2O.ClH/c1-15-12-5-9-14(10-12)8-4-11-2-6-13-7-3-11;/h11-13H,2-10H2,1H3;1H/t12-;/m0./s1. The summed E-state index contributed by atoms with van der Waals surface area (Å²) in [5, 5.41) is 3.43. The number of methoxy groups -OCH3 is 1. The van der Waals surface area contributed by atoms with Gasteiger partial charge in [-0.2, -0.15) is 0 Å². The average molecular weight is 249 g/mol. The van der Waals surface area contributed by atoms with Crippen LogP contribution >= 0.6 is 12.4 Å². The topological polar surface area (TPSA) is 24.5 Å². The summed E-state index contributed by atoms with van der Waals surface area (Å²) in [6, 6.07) is 0. The van der Waals surface area contributed by atoms with Crippen LogP contribution in [-0.4, -0.2) is 50.8 Å². The van der Waals surface area contributed by atoms with Crippen molar-refractivity contribution in [3.63, 3.8) is 0 Å². The van der Waals surface area contributed by atoms with E-state index in [1.165, 1.54) is 51.9 Å². The Morgan fingerprint density at radius 1 is 1.25 bits per heavy atom. The highest BCUT2D eigenvalue weighted by atomic mass is 35.5. The van der Waals surface area contributed by atoms with Crippen molar-refractivity contribution in [1.82, 2.24) is 10.2 Å². The third kappa shape index (κ3) is 4.21. The number of piperidine rings is 1. The number of nitrogens with one attached hydrogen (secondary N) is 1. The zero-order valence-electron chi connectivity index (χ0n) is 10.3. The molecular weight excluding hydrogens is 224 g/mol. The van der Waals surface area contributed by atoms with Crippen molar-refractivity contribution in [1.29, 1.82) is 0 Å². The molecule has 2 rings (SSSR count). The third-order valence-corrected chi connectivity index (χ3v) is 3.87. The molecule has 0 bridgehead atoms. The Balaban J connectivity index is 0.00000128. The van der Waals surface area contributed by atoms with Gasteiger partial charge in [-0.1, -0.05) is 0 Å². The van der Waals surface area contributed by atoms with Gasteiger partial charge in [-0.15, -0.1) is 12.4 Å². The Morgan fingerprint density at radius 2 is 2.00 bits per heavy atom. The Bertz CT molecular complexity index is 186. The summed E-state index contributed by atoms with van der Waals surface area (Å²) in [6.45, 7) is 6.13. The van der Waals surface area contributed by atoms with Crippen LogP contribution < -0.4 is 5.32 Å². The minimum atomic E-state index is 0. The predicted octanol–water partition coefficient (Wildman–Crippen LogP) is 1.52. The number of likely N-dealkylation sites (tertiary alicyclic amines) is 1. The van der Waals surface area contributed by atoms with E-state index in [1.807, 2.05) is 7.11 Å². The van der Waals surface area contributed by atoms with E-state index in [0.717, 1.165) is 12.5 Å². The molecule has 2 aliphatic rings. The first-order valence-electron chi connectivity index (χ1n) is 6.34. The highest BCUT2D eigenvalue weighted by molar-refractivity contribution is 5.85. The van der Waals surface area contributed by atoms with Gasteiger partial charge in [0.05, 0.1) is 6.10 Å². The molecule has 0 spiro atoms. The largest absolute Gasteiger partial charge is 0.380 e. The van der Waals surface area contributed by atoms with Crippen molar-refractivity contribution in [2.45, 2.75) is 31.8 Å². The van der Waals surface area contributed by atoms with Crippen molar-refractivity contribution < 1.29 is 4.74 Å². The van der Waals surface area contributed by atoms with Crippen molar-refractivity contribution in [3.05, 3.63) is 0 Å². The van der Waals surface area contributed by atoms with E-state index in [-0.39, 0.29) is 12.4 Å². The van der Waals surface area contributed by atoms with E-state index in [1.54, 1.807) is 0 Å². The Morgan fingerprint density at radius 3 is 2.62 bits per heavy atom. The molecule has 3 nitrogen and oxygen atoms in total. The lowest BCUT2D eigenvalue weighted by molar-refractivity contribution is 0.107. The van der Waals surface area contributed by atoms with E-state index in [0.29, 0.717) is 6.10 Å². The van der Waals surface area contributed by atoms with Gasteiger partial charge in [0.15, 0.2) is 0 Å². The molecule has 0 aromatic heterocycles. The second-order valence-electron chi connectivity index (χ2n) is 4.93. The molecule has 0 amide bonds. The molecule has 0 aromatic rings. The van der Waals surface area contributed by atoms with E-state index in [4.69, 9.17) is 4.74 Å². The zero-order valence-corrected chi connectivity index (χ0v) is 11.1. The predicted molar refractivity (Wildman–Crippen MR) is 69.3 cm³/mol. The van der Waals surface area contributed by atoms with E-state index >= 15 is 0 Å². The Labute approximate surface area is 105 Å². The van der Waals surface area contributed by atoms with Crippen LogP contribution in [0.5, 0.6) is 0 Å². The van der Waals surface area contributed by atoms with Gasteiger partial charge in [-0.3, -0.25) is 0 Å². The molecule has 0 aliphatic carbocycles. The molecule has 2 heterocycles. The van der Waals surface area contributed by atoms with E-state index in [9.17, 15) is 0 Å². The van der Waals surface area contributed by atoms with Crippen LogP contribution in [-0.2, 0) is 4.74 Å². The molecular formula is C12H25ClN2O. The number of hydrogen-bond acceptors (Lipinski definition) is 3. The summed E-state index contributed by atoms with van der Waals surface area (Å²) >= 11 is 0. The summed E-state index contributed by atoms with van der Waals surface area (Å²) in [4.78, 5) is 2.57. The first-order valence-corrected chi connectivity index (χ1v) is 6.34. The van der Waals surface area contributed by atoms with Crippen LogP contribution in [0.1, 0.15) is 25.7 Å². The number of nitrogens with zero attached hydrogens (tertiary/aromatic N) is 1. The molecule has 4 heteroatoms. The summed E-state index contributed by atoms with van der Waals surface area (Å²) in [5.74, 6) is 0.966. The smallest absolute Gasteiger partial charge is 0.0710 e. The van der Waals surface area contributed by atoms with Crippen molar-refractivity contribution in [2.75, 3.05) is 39.8 Å². The van der Waals surface area contributed by atoms with Crippen LogP contribution in [0.15, 0.2) is 0 Å². The van der Waals surface area contributed by atoms with E-state index < -0.39 is 0 Å². The van der Waals surface area contributed by atoms with Crippen molar-refractivity contribution in [3.8, 4) is 0 Å². The van der Waals surface area contributed by atoms with Crippen LogP contribution in [0.25, 0.3) is 0 Å². The maximum absolute atomic E-state index is 5.38. The number of rotatable bonds is 4. The van der Waals surface area contributed by atoms with Crippen LogP contribution in [0.3, 0.4) is 0 Å². The van der Waals surface area contributed by atoms with Gasteiger partial charge in [0.25, 0.3) is 0 Å². The number of hydrogen-bond donors (Lipinski definition) is 1. The van der Waals surface area contributed by atoms with Crippen LogP contribution in [0.2, 0.25) is 0 Å². The molecule has 0 aromatic carbocycles. The summed E-state index contributed by atoms with van der Waals surface area (Å²) in [5.41, 5.74) is 0. The zero-order chi connectivity index (χ0) is 10.5. The maximum Gasteiger partial charge on any atom is 0.0710 e. The first-order chi connectivity index (χ1) is 7.38. The maximum atomic E-state index is 5.38. The van der Waals surface area contributed by atoms with Crippen LogP contribution in [0.4, 0.5) is 0 Å². The van der Waals surface area contributed by atoms with Gasteiger partial charge in [0, 0.05) is 20.2 Å². The Kier molecular flexibility index (Phi) is 6.66. The summed E-state index contributed by atoms with van der Waals surface area (Å²) in [7, 11) is 1.83. The second kappa shape index (κ2) is 7.49. The quantitative estimate of drug-likeness (QED) is 0.817. The summed E-state index contributed by atoms with van der Waals surface area (Å²) < 4.78 is 5.38. The average Bonchev–Trinajstić information content (AvgIpc) is 2.76. The van der Waals surface area contributed by atoms with Gasteiger partial charge in [0.2, 0.25) is 0 Å². The lowest BCUT2D eigenvalue weighted by atomic mass is 9.94. The van der Waals surface area contributed by atoms with E-state index in [2.05, 4.69) is 10.2 Å². The monoisotopic (exact) mass is 248 g/mol. The SMILES string of the molecule is CO[C@H]1CCN(CCC2CCNCC2)C1.Cl. The molecule has 0 saturated carbocycles. The fourth-order valence-electron chi connectivity index (χ4n) is 2.73. The normalized spacial score (nSPS) is 27.9. The minimum absolute atomic E-state index is 0. The third-order valence-electron chi connectivity index (χ3n) is 3.87. The molecule has 16 heavy (non-hydrogen) atoms. The Hall–Kier alpha value is 0.170. The number of ether oxygens (including phenoxy) is 1. The van der Waals surface area contributed by atoms with Crippen molar-refractivity contribution in [2.24, 2.45) is 5.92 Å². The lowest BCUT2D eigenvalue weighted by Crippen LogP contribution is -2.31. The molecule has 0 unspecified atom stereocenters. The van der Waals surface area contributed by atoms with Gasteiger partial charge in [0.1, 0.15) is 0 Å². The molecule has 2 saturated heterocycles. The van der Waals surface area contributed by atoms with Gasteiger partial charge in [-0.05, 0) is 51.2 Å². The molecule has 1 atom stereocenters. The lowest BCUT2D eigenvalue weighted by Gasteiger charge is -2.25. The fourth-order valence-corrected chi connectivity index (χ4v) is 2.73. The molecule has 0 radical (unpaired) electrons. The molecule has 96 valence electrons. The van der Waals surface area contributed by atoms with Crippen molar-refractivity contribution >= 4 is 12.4 Å². The summed E-state index contributed by atoms with van der Waals surface area (Å²) in [6.07, 6.45) is 5.86. The highest BCUT2D eigenvalue weighted by Crippen LogP contribution is 2.18. The second-order valence-corrected chi connectivity index (χ2v) is 4.93. The van der Waals surface area contributed by atoms with Gasteiger partial charge >= 0.3 is 0 Å². The van der Waals surface area contributed by atoms with Gasteiger partial charge in [-0.25, -0.2) is 0 Å². The molecule has 2 fully saturated rings. The van der Waals surface area contributed by atoms with Crippen LogP contribution in [0, 0.1) is 5.92 Å². The number of halogens is 1. The molecule has 1 N–H and O–H groups in total. The van der Waals surface area contributed by atoms with Gasteiger partial charge < -0.3 is 15.0 Å². The molecule has 2 aliphatic heterocycles.